The van der Waals surface area contributed by atoms with E-state index in [-0.39, 0.29) is 5.95 Å². The lowest BCUT2D eigenvalue weighted by atomic mass is 9.71. The van der Waals surface area contributed by atoms with Gasteiger partial charge in [-0.15, -0.1) is 0 Å². The van der Waals surface area contributed by atoms with Crippen LogP contribution in [0.1, 0.15) is 32.1 Å². The lowest BCUT2D eigenvalue weighted by molar-refractivity contribution is -0.0613. The van der Waals surface area contributed by atoms with E-state index < -0.39 is 5.60 Å². The van der Waals surface area contributed by atoms with Crippen LogP contribution in [0.2, 0.25) is 5.15 Å². The summed E-state index contributed by atoms with van der Waals surface area (Å²) in [5, 5.41) is 11.0. The number of rotatable bonds is 1. The molecule has 19 heavy (non-hydrogen) atoms. The third-order valence-electron chi connectivity index (χ3n) is 4.45. The molecule has 1 saturated carbocycles. The molecule has 5 nitrogen and oxygen atoms in total. The highest BCUT2D eigenvalue weighted by Gasteiger charge is 2.43. The van der Waals surface area contributed by atoms with Crippen LogP contribution in [0.15, 0.2) is 6.07 Å². The van der Waals surface area contributed by atoms with Crippen molar-refractivity contribution < 1.29 is 5.11 Å². The third kappa shape index (κ3) is 2.49. The molecule has 2 fully saturated rings. The molecule has 2 aliphatic rings. The fourth-order valence-electron chi connectivity index (χ4n) is 3.36. The second kappa shape index (κ2) is 4.80. The van der Waals surface area contributed by atoms with Crippen LogP contribution < -0.4 is 10.6 Å². The first kappa shape index (κ1) is 12.9. The average molecular weight is 283 g/mol. The van der Waals surface area contributed by atoms with Crippen molar-refractivity contribution in [1.29, 1.82) is 0 Å². The molecule has 2 atom stereocenters. The van der Waals surface area contributed by atoms with Crippen LogP contribution in [0.3, 0.4) is 0 Å². The van der Waals surface area contributed by atoms with Crippen LogP contribution in [0.5, 0.6) is 0 Å². The third-order valence-corrected chi connectivity index (χ3v) is 4.64. The number of anilines is 2. The van der Waals surface area contributed by atoms with Crippen molar-refractivity contribution in [2.24, 2.45) is 5.92 Å². The van der Waals surface area contributed by atoms with E-state index in [4.69, 9.17) is 17.3 Å². The smallest absolute Gasteiger partial charge is 0.223 e. The Morgan fingerprint density at radius 2 is 2.21 bits per heavy atom. The molecule has 0 bridgehead atoms. The second-order valence-corrected chi connectivity index (χ2v) is 6.04. The van der Waals surface area contributed by atoms with E-state index in [1.165, 1.54) is 6.42 Å². The summed E-state index contributed by atoms with van der Waals surface area (Å²) in [5.74, 6) is 1.29. The molecule has 2 heterocycles. The summed E-state index contributed by atoms with van der Waals surface area (Å²) >= 11 is 5.93. The predicted molar refractivity (Wildman–Crippen MR) is 75.2 cm³/mol. The quantitative estimate of drug-likeness (QED) is 0.769. The first-order valence-electron chi connectivity index (χ1n) is 6.84. The molecule has 1 saturated heterocycles. The molecule has 1 aromatic heterocycles. The zero-order valence-corrected chi connectivity index (χ0v) is 11.6. The largest absolute Gasteiger partial charge is 0.389 e. The van der Waals surface area contributed by atoms with Gasteiger partial charge in [-0.3, -0.25) is 0 Å². The van der Waals surface area contributed by atoms with Gasteiger partial charge in [0.15, 0.2) is 0 Å². The maximum absolute atomic E-state index is 10.7. The van der Waals surface area contributed by atoms with Gasteiger partial charge in [-0.2, -0.15) is 4.98 Å². The van der Waals surface area contributed by atoms with Crippen LogP contribution >= 0.6 is 11.6 Å². The number of nitrogens with two attached hydrogens (primary N) is 1. The maximum Gasteiger partial charge on any atom is 0.223 e. The van der Waals surface area contributed by atoms with E-state index in [9.17, 15) is 5.11 Å². The minimum Gasteiger partial charge on any atom is -0.389 e. The van der Waals surface area contributed by atoms with E-state index >= 15 is 0 Å². The SMILES string of the molecule is Nc1nc(Cl)cc(N2CCC3(O)CCCCC3C2)n1. The summed E-state index contributed by atoms with van der Waals surface area (Å²) in [7, 11) is 0. The Bertz CT molecular complexity index is 463. The zero-order valence-electron chi connectivity index (χ0n) is 10.8. The number of hydrogen-bond donors (Lipinski definition) is 2. The van der Waals surface area contributed by atoms with Gasteiger partial charge in [-0.05, 0) is 19.3 Å². The number of piperidine rings is 1. The van der Waals surface area contributed by atoms with Crippen molar-refractivity contribution in [2.45, 2.75) is 37.7 Å². The highest BCUT2D eigenvalue weighted by Crippen LogP contribution is 2.40. The molecule has 1 aromatic rings. The number of fused-ring (bicyclic) bond motifs is 1. The number of hydrogen-bond acceptors (Lipinski definition) is 5. The van der Waals surface area contributed by atoms with Crippen LogP contribution in [-0.2, 0) is 0 Å². The Kier molecular flexibility index (Phi) is 3.27. The van der Waals surface area contributed by atoms with Gasteiger partial charge in [-0.1, -0.05) is 24.4 Å². The van der Waals surface area contributed by atoms with Crippen LogP contribution in [0.25, 0.3) is 0 Å². The highest BCUT2D eigenvalue weighted by molar-refractivity contribution is 6.29. The van der Waals surface area contributed by atoms with E-state index in [0.717, 1.165) is 44.6 Å². The Labute approximate surface area is 117 Å². The van der Waals surface area contributed by atoms with Gasteiger partial charge in [-0.25, -0.2) is 4.98 Å². The summed E-state index contributed by atoms with van der Waals surface area (Å²) in [6.07, 6.45) is 5.14. The first-order valence-corrected chi connectivity index (χ1v) is 7.22. The minimum atomic E-state index is -0.475. The minimum absolute atomic E-state index is 0.201. The van der Waals surface area contributed by atoms with Crippen LogP contribution in [0.4, 0.5) is 11.8 Å². The van der Waals surface area contributed by atoms with E-state index in [1.54, 1.807) is 6.07 Å². The molecule has 104 valence electrons. The lowest BCUT2D eigenvalue weighted by Crippen LogP contribution is -2.53. The molecule has 1 aliphatic carbocycles. The van der Waals surface area contributed by atoms with Crippen LogP contribution in [-0.4, -0.2) is 33.8 Å². The molecule has 3 rings (SSSR count). The molecule has 0 spiro atoms. The van der Waals surface area contributed by atoms with Crippen molar-refractivity contribution >= 4 is 23.4 Å². The van der Waals surface area contributed by atoms with E-state index in [0.29, 0.717) is 11.1 Å². The number of nitrogen functional groups attached to an aromatic ring is 1. The lowest BCUT2D eigenvalue weighted by Gasteiger charge is -2.47. The zero-order chi connectivity index (χ0) is 13.5. The topological polar surface area (TPSA) is 75.3 Å². The van der Waals surface area contributed by atoms with Crippen molar-refractivity contribution in [1.82, 2.24) is 9.97 Å². The second-order valence-electron chi connectivity index (χ2n) is 5.65. The van der Waals surface area contributed by atoms with Gasteiger partial charge >= 0.3 is 0 Å². The van der Waals surface area contributed by atoms with Gasteiger partial charge < -0.3 is 15.7 Å². The monoisotopic (exact) mass is 282 g/mol. The Morgan fingerprint density at radius 1 is 1.37 bits per heavy atom. The summed E-state index contributed by atoms with van der Waals surface area (Å²) in [4.78, 5) is 10.3. The molecular weight excluding hydrogens is 264 g/mol. The molecular formula is C13H19ClN4O. The highest BCUT2D eigenvalue weighted by atomic mass is 35.5. The van der Waals surface area contributed by atoms with Crippen LogP contribution in [0, 0.1) is 5.92 Å². The first-order chi connectivity index (χ1) is 9.07. The number of aliphatic hydroxyl groups is 1. The normalized spacial score (nSPS) is 31.1. The number of nitrogens with zero attached hydrogens (tertiary/aromatic N) is 3. The van der Waals surface area contributed by atoms with Gasteiger partial charge in [0, 0.05) is 25.1 Å². The Balaban J connectivity index is 1.80. The molecule has 3 N–H and O–H groups in total. The van der Waals surface area contributed by atoms with Crippen molar-refractivity contribution in [3.63, 3.8) is 0 Å². The van der Waals surface area contributed by atoms with Crippen molar-refractivity contribution in [3.8, 4) is 0 Å². The molecule has 2 unspecified atom stereocenters. The number of aromatic nitrogens is 2. The summed E-state index contributed by atoms with van der Waals surface area (Å²) < 4.78 is 0. The summed E-state index contributed by atoms with van der Waals surface area (Å²) in [6.45, 7) is 1.61. The standard InChI is InChI=1S/C13H19ClN4O/c14-10-7-11(17-12(15)16-10)18-6-5-13(19)4-2-1-3-9(13)8-18/h7,9,19H,1-6,8H2,(H2,15,16,17). The van der Waals surface area contributed by atoms with Gasteiger partial charge in [0.05, 0.1) is 5.60 Å². The molecule has 6 heteroatoms. The fourth-order valence-corrected chi connectivity index (χ4v) is 3.55. The summed E-state index contributed by atoms with van der Waals surface area (Å²) in [5.41, 5.74) is 5.17. The molecule has 0 radical (unpaired) electrons. The van der Waals surface area contributed by atoms with Crippen molar-refractivity contribution in [3.05, 3.63) is 11.2 Å². The molecule has 1 aliphatic heterocycles. The predicted octanol–water partition coefficient (Wildman–Crippen LogP) is 1.84. The molecule has 0 amide bonds. The fraction of sp³-hybridized carbons (Fsp3) is 0.692. The van der Waals surface area contributed by atoms with Crippen molar-refractivity contribution in [2.75, 3.05) is 23.7 Å². The number of halogens is 1. The van der Waals surface area contributed by atoms with Gasteiger partial charge in [0.1, 0.15) is 11.0 Å². The average Bonchev–Trinajstić information content (AvgIpc) is 2.36. The van der Waals surface area contributed by atoms with Gasteiger partial charge in [0.2, 0.25) is 5.95 Å². The summed E-state index contributed by atoms with van der Waals surface area (Å²) in [6, 6.07) is 1.74. The van der Waals surface area contributed by atoms with Gasteiger partial charge in [0.25, 0.3) is 0 Å². The van der Waals surface area contributed by atoms with E-state index in [2.05, 4.69) is 14.9 Å². The Morgan fingerprint density at radius 3 is 3.00 bits per heavy atom. The van der Waals surface area contributed by atoms with E-state index in [1.807, 2.05) is 0 Å². The molecule has 0 aromatic carbocycles. The maximum atomic E-state index is 10.7. The Hall–Kier alpha value is -1.07.